The zero-order valence-corrected chi connectivity index (χ0v) is 14.9. The number of rotatable bonds is 10. The van der Waals surface area contributed by atoms with E-state index >= 15 is 0 Å². The van der Waals surface area contributed by atoms with Crippen LogP contribution in [0.15, 0.2) is 24.3 Å². The number of benzene rings is 1. The van der Waals surface area contributed by atoms with Gasteiger partial charge in [0.15, 0.2) is 0 Å². The Morgan fingerprint density at radius 1 is 1.10 bits per heavy atom. The largest absolute Gasteiger partial charge is 0.382 e. The SMILES string of the molecule is COCCOCCCC(CBr)(CBr)c1ccccc1F. The first-order valence-corrected chi connectivity index (χ1v) is 8.88. The van der Waals surface area contributed by atoms with Crippen molar-refractivity contribution in [2.24, 2.45) is 0 Å². The number of hydrogen-bond donors (Lipinski definition) is 0. The molecule has 20 heavy (non-hydrogen) atoms. The van der Waals surface area contributed by atoms with Crippen molar-refractivity contribution in [3.05, 3.63) is 35.6 Å². The van der Waals surface area contributed by atoms with Crippen LogP contribution in [0.25, 0.3) is 0 Å². The van der Waals surface area contributed by atoms with Gasteiger partial charge in [0.2, 0.25) is 0 Å². The molecule has 114 valence electrons. The van der Waals surface area contributed by atoms with Crippen LogP contribution >= 0.6 is 31.9 Å². The first kappa shape index (κ1) is 18.1. The summed E-state index contributed by atoms with van der Waals surface area (Å²) < 4.78 is 24.4. The lowest BCUT2D eigenvalue weighted by atomic mass is 9.80. The van der Waals surface area contributed by atoms with E-state index in [1.165, 1.54) is 6.07 Å². The highest BCUT2D eigenvalue weighted by Gasteiger charge is 2.32. The third-order valence-corrected chi connectivity index (χ3v) is 5.48. The predicted octanol–water partition coefficient (Wildman–Crippen LogP) is 4.30. The van der Waals surface area contributed by atoms with Crippen molar-refractivity contribution in [3.8, 4) is 0 Å². The molecular formula is C15H21Br2FO2. The molecule has 0 saturated carbocycles. The molecule has 5 heteroatoms. The maximum atomic E-state index is 14.0. The molecule has 1 aromatic carbocycles. The minimum absolute atomic E-state index is 0.147. The normalized spacial score (nSPS) is 11.8. The molecular weight excluding hydrogens is 391 g/mol. The Morgan fingerprint density at radius 2 is 1.80 bits per heavy atom. The molecule has 2 nitrogen and oxygen atoms in total. The fraction of sp³-hybridized carbons (Fsp3) is 0.600. The van der Waals surface area contributed by atoms with Crippen LogP contribution in [0.2, 0.25) is 0 Å². The highest BCUT2D eigenvalue weighted by Crippen LogP contribution is 2.35. The van der Waals surface area contributed by atoms with Gasteiger partial charge in [0.05, 0.1) is 13.2 Å². The zero-order chi connectivity index (χ0) is 14.8. The van der Waals surface area contributed by atoms with E-state index in [2.05, 4.69) is 31.9 Å². The second-order valence-corrected chi connectivity index (χ2v) is 5.86. The average Bonchev–Trinajstić information content (AvgIpc) is 2.48. The second-order valence-electron chi connectivity index (χ2n) is 4.74. The summed E-state index contributed by atoms with van der Waals surface area (Å²) in [4.78, 5) is 0. The minimum atomic E-state index is -0.240. The predicted molar refractivity (Wildman–Crippen MR) is 87.6 cm³/mol. The van der Waals surface area contributed by atoms with Crippen LogP contribution in [0.1, 0.15) is 18.4 Å². The fourth-order valence-corrected chi connectivity index (χ4v) is 4.19. The molecule has 0 amide bonds. The first-order valence-electron chi connectivity index (χ1n) is 6.64. The van der Waals surface area contributed by atoms with Gasteiger partial charge in [-0.3, -0.25) is 0 Å². The zero-order valence-electron chi connectivity index (χ0n) is 11.7. The van der Waals surface area contributed by atoms with Crippen LogP contribution in [0.4, 0.5) is 4.39 Å². The minimum Gasteiger partial charge on any atom is -0.382 e. The summed E-state index contributed by atoms with van der Waals surface area (Å²) in [6, 6.07) is 6.99. The summed E-state index contributed by atoms with van der Waals surface area (Å²) in [6.45, 7) is 1.88. The molecule has 1 rings (SSSR count). The Kier molecular flexibility index (Phi) is 8.93. The third kappa shape index (κ3) is 5.10. The van der Waals surface area contributed by atoms with Gasteiger partial charge in [-0.15, -0.1) is 0 Å². The maximum Gasteiger partial charge on any atom is 0.127 e. The van der Waals surface area contributed by atoms with Crippen LogP contribution in [0, 0.1) is 5.82 Å². The van der Waals surface area contributed by atoms with Crippen LogP contribution in [-0.2, 0) is 14.9 Å². The smallest absolute Gasteiger partial charge is 0.127 e. The van der Waals surface area contributed by atoms with Gasteiger partial charge in [0.25, 0.3) is 0 Å². The molecule has 0 fully saturated rings. The summed E-state index contributed by atoms with van der Waals surface area (Å²) in [6.07, 6.45) is 1.74. The highest BCUT2D eigenvalue weighted by molar-refractivity contribution is 9.09. The van der Waals surface area contributed by atoms with Crippen molar-refractivity contribution in [3.63, 3.8) is 0 Å². The Hall–Kier alpha value is 0.0300. The summed E-state index contributed by atoms with van der Waals surface area (Å²) in [5, 5.41) is 1.43. The quantitative estimate of drug-likeness (QED) is 0.422. The molecule has 0 atom stereocenters. The molecule has 0 N–H and O–H groups in total. The molecule has 0 saturated heterocycles. The van der Waals surface area contributed by atoms with E-state index in [1.54, 1.807) is 13.2 Å². The Balaban J connectivity index is 2.61. The number of methoxy groups -OCH3 is 1. The monoisotopic (exact) mass is 410 g/mol. The molecule has 0 bridgehead atoms. The molecule has 0 aromatic heterocycles. The lowest BCUT2D eigenvalue weighted by Crippen LogP contribution is -2.31. The molecule has 0 heterocycles. The maximum absolute atomic E-state index is 14.0. The summed E-state index contributed by atoms with van der Waals surface area (Å²) in [7, 11) is 1.65. The lowest BCUT2D eigenvalue weighted by molar-refractivity contribution is 0.0671. The third-order valence-electron chi connectivity index (χ3n) is 3.33. The molecule has 0 aliphatic carbocycles. The van der Waals surface area contributed by atoms with Crippen molar-refractivity contribution in [1.29, 1.82) is 0 Å². The Labute approximate surface area is 137 Å². The number of ether oxygens (including phenoxy) is 2. The van der Waals surface area contributed by atoms with Crippen LogP contribution in [0.5, 0.6) is 0 Å². The van der Waals surface area contributed by atoms with E-state index in [1.807, 2.05) is 12.1 Å². The fourth-order valence-electron chi connectivity index (χ4n) is 2.10. The molecule has 0 aliphatic heterocycles. The van der Waals surface area contributed by atoms with Crippen LogP contribution in [-0.4, -0.2) is 37.6 Å². The second kappa shape index (κ2) is 9.87. The van der Waals surface area contributed by atoms with Gasteiger partial charge in [0, 0.05) is 29.8 Å². The topological polar surface area (TPSA) is 18.5 Å². The van der Waals surface area contributed by atoms with E-state index in [9.17, 15) is 4.39 Å². The molecule has 0 spiro atoms. The molecule has 0 unspecified atom stereocenters. The van der Waals surface area contributed by atoms with Gasteiger partial charge in [-0.1, -0.05) is 50.1 Å². The van der Waals surface area contributed by atoms with Crippen molar-refractivity contribution in [2.75, 3.05) is 37.6 Å². The standard InChI is InChI=1S/C15H21Br2FO2/c1-19-9-10-20-8-4-7-15(11-16,12-17)13-5-2-3-6-14(13)18/h2-3,5-6H,4,7-12H2,1H3. The van der Waals surface area contributed by atoms with E-state index in [0.717, 1.165) is 18.4 Å². The molecule has 1 aromatic rings. The van der Waals surface area contributed by atoms with Crippen molar-refractivity contribution < 1.29 is 13.9 Å². The van der Waals surface area contributed by atoms with Gasteiger partial charge in [-0.2, -0.15) is 0 Å². The van der Waals surface area contributed by atoms with Gasteiger partial charge in [-0.25, -0.2) is 4.39 Å². The van der Waals surface area contributed by atoms with Gasteiger partial charge < -0.3 is 9.47 Å². The van der Waals surface area contributed by atoms with Crippen LogP contribution < -0.4 is 0 Å². The van der Waals surface area contributed by atoms with E-state index in [4.69, 9.17) is 9.47 Å². The lowest BCUT2D eigenvalue weighted by Gasteiger charge is -2.31. The number of halogens is 3. The van der Waals surface area contributed by atoms with Gasteiger partial charge in [0.1, 0.15) is 5.82 Å². The van der Waals surface area contributed by atoms with Crippen molar-refractivity contribution in [1.82, 2.24) is 0 Å². The van der Waals surface area contributed by atoms with Gasteiger partial charge >= 0.3 is 0 Å². The number of hydrogen-bond acceptors (Lipinski definition) is 2. The van der Waals surface area contributed by atoms with E-state index in [-0.39, 0.29) is 11.2 Å². The van der Waals surface area contributed by atoms with Crippen LogP contribution in [0.3, 0.4) is 0 Å². The summed E-state index contributed by atoms with van der Waals surface area (Å²) >= 11 is 7.08. The molecule has 0 radical (unpaired) electrons. The van der Waals surface area contributed by atoms with E-state index in [0.29, 0.717) is 30.5 Å². The Morgan fingerprint density at radius 3 is 2.40 bits per heavy atom. The number of alkyl halides is 2. The first-order chi connectivity index (χ1) is 9.70. The van der Waals surface area contributed by atoms with Crippen molar-refractivity contribution >= 4 is 31.9 Å². The summed E-state index contributed by atoms with van der Waals surface area (Å²) in [5.41, 5.74) is 0.515. The van der Waals surface area contributed by atoms with E-state index < -0.39 is 0 Å². The highest BCUT2D eigenvalue weighted by atomic mass is 79.9. The molecule has 0 aliphatic rings. The average molecular weight is 412 g/mol. The van der Waals surface area contributed by atoms with Gasteiger partial charge in [-0.05, 0) is 24.5 Å². The summed E-state index contributed by atoms with van der Waals surface area (Å²) in [5.74, 6) is -0.147. The Bertz CT molecular complexity index is 384. The van der Waals surface area contributed by atoms with Crippen molar-refractivity contribution in [2.45, 2.75) is 18.3 Å².